The molecule has 4 nitrogen and oxygen atoms in total. The summed E-state index contributed by atoms with van der Waals surface area (Å²) in [6, 6.07) is 4.07. The molecular formula is C12H10F7NO3. The van der Waals surface area contributed by atoms with Gasteiger partial charge >= 0.3 is 18.0 Å². The number of benzene rings is 1. The van der Waals surface area contributed by atoms with E-state index in [2.05, 4.69) is 4.74 Å². The first-order chi connectivity index (χ1) is 10.3. The van der Waals surface area contributed by atoms with E-state index in [1.807, 2.05) is 0 Å². The number of rotatable bonds is 5. The Labute approximate surface area is 125 Å². The highest BCUT2D eigenvalue weighted by atomic mass is 19.4. The Bertz CT molecular complexity index is 557. The van der Waals surface area contributed by atoms with Crippen LogP contribution in [0.2, 0.25) is 0 Å². The lowest BCUT2D eigenvalue weighted by atomic mass is 9.92. The van der Waals surface area contributed by atoms with Crippen molar-refractivity contribution in [1.82, 2.24) is 0 Å². The molecule has 1 aromatic carbocycles. The summed E-state index contributed by atoms with van der Waals surface area (Å²) in [4.78, 5) is 9.80. The highest BCUT2D eigenvalue weighted by molar-refractivity contribution is 5.41. The van der Waals surface area contributed by atoms with Crippen LogP contribution in [-0.4, -0.2) is 30.1 Å². The van der Waals surface area contributed by atoms with E-state index in [1.165, 1.54) is 0 Å². The van der Waals surface area contributed by atoms with Crippen molar-refractivity contribution in [2.24, 2.45) is 0 Å². The number of halogens is 7. The van der Waals surface area contributed by atoms with Crippen molar-refractivity contribution in [3.63, 3.8) is 0 Å². The van der Waals surface area contributed by atoms with Gasteiger partial charge in [-0.05, 0) is 6.07 Å². The van der Waals surface area contributed by atoms with Crippen LogP contribution in [0.25, 0.3) is 0 Å². The van der Waals surface area contributed by atoms with Crippen LogP contribution >= 0.6 is 0 Å². The molecule has 0 aliphatic carbocycles. The molecule has 0 fully saturated rings. The molecule has 1 atom stereocenters. The third kappa shape index (κ3) is 3.71. The maximum atomic E-state index is 13.8. The van der Waals surface area contributed by atoms with Crippen molar-refractivity contribution in [2.45, 2.75) is 30.5 Å². The van der Waals surface area contributed by atoms with Gasteiger partial charge in [-0.25, -0.2) is 4.39 Å². The van der Waals surface area contributed by atoms with E-state index in [4.69, 9.17) is 0 Å². The maximum absolute atomic E-state index is 13.8. The van der Waals surface area contributed by atoms with Crippen LogP contribution in [0, 0.1) is 10.1 Å². The summed E-state index contributed by atoms with van der Waals surface area (Å²) in [7, 11) is 0.731. The van der Waals surface area contributed by atoms with Gasteiger partial charge in [0.1, 0.15) is 0 Å². The molecule has 1 aromatic rings. The van der Waals surface area contributed by atoms with Crippen LogP contribution in [-0.2, 0) is 4.74 Å². The topological polar surface area (TPSA) is 52.4 Å². The van der Waals surface area contributed by atoms with Gasteiger partial charge in [-0.3, -0.25) is 10.1 Å². The van der Waals surface area contributed by atoms with Crippen molar-refractivity contribution < 1.29 is 40.4 Å². The zero-order valence-electron chi connectivity index (χ0n) is 11.4. The quantitative estimate of drug-likeness (QED) is 0.447. The molecule has 1 rings (SSSR count). The van der Waals surface area contributed by atoms with Crippen molar-refractivity contribution in [1.29, 1.82) is 0 Å². The lowest BCUT2D eigenvalue weighted by molar-refractivity contribution is -0.386. The second-order valence-corrected chi connectivity index (χ2v) is 4.54. The number of nitro groups is 1. The van der Waals surface area contributed by atoms with E-state index in [1.54, 1.807) is 0 Å². The number of nitrogens with zero attached hydrogens (tertiary/aromatic N) is 1. The maximum Gasteiger partial charge on any atom is 0.431 e. The zero-order chi connectivity index (χ0) is 18.1. The van der Waals surface area contributed by atoms with E-state index in [9.17, 15) is 40.8 Å². The third-order valence-corrected chi connectivity index (χ3v) is 3.13. The smallest absolute Gasteiger partial charge is 0.376 e. The Kier molecular flexibility index (Phi) is 5.24. The fourth-order valence-electron chi connectivity index (χ4n) is 1.89. The summed E-state index contributed by atoms with van der Waals surface area (Å²) >= 11 is 0. The highest BCUT2D eigenvalue weighted by Crippen LogP contribution is 2.51. The van der Waals surface area contributed by atoms with Crippen molar-refractivity contribution in [2.75, 3.05) is 7.11 Å². The van der Waals surface area contributed by atoms with Crippen molar-refractivity contribution in [3.8, 4) is 0 Å². The number of hydrogen-bond donors (Lipinski definition) is 0. The van der Waals surface area contributed by atoms with Crippen molar-refractivity contribution in [3.05, 3.63) is 39.9 Å². The SMILES string of the molecule is COC(CC(F)(C(F)(F)F)C(F)(F)F)c1ccccc1[N+](=O)[O-]. The van der Waals surface area contributed by atoms with Gasteiger partial charge in [0.2, 0.25) is 0 Å². The van der Waals surface area contributed by atoms with E-state index in [0.717, 1.165) is 31.4 Å². The number of ether oxygens (including phenoxy) is 1. The Morgan fingerprint density at radius 2 is 1.57 bits per heavy atom. The molecule has 0 spiro atoms. The third-order valence-electron chi connectivity index (χ3n) is 3.13. The van der Waals surface area contributed by atoms with Crippen molar-refractivity contribution >= 4 is 5.69 Å². The molecule has 11 heteroatoms. The summed E-state index contributed by atoms with van der Waals surface area (Å²) in [6.07, 6.45) is -16.8. The minimum Gasteiger partial charge on any atom is -0.376 e. The molecule has 0 saturated heterocycles. The van der Waals surface area contributed by atoms with Crippen LogP contribution in [0.1, 0.15) is 18.1 Å². The minimum atomic E-state index is -6.26. The van der Waals surface area contributed by atoms with Gasteiger partial charge in [0.25, 0.3) is 5.69 Å². The van der Waals surface area contributed by atoms with Gasteiger partial charge in [-0.1, -0.05) is 12.1 Å². The monoisotopic (exact) mass is 349 g/mol. The Balaban J connectivity index is 3.34. The molecule has 0 aliphatic heterocycles. The summed E-state index contributed by atoms with van der Waals surface area (Å²) in [6.45, 7) is 0. The van der Waals surface area contributed by atoms with Crippen LogP contribution in [0.3, 0.4) is 0 Å². The van der Waals surface area contributed by atoms with Gasteiger partial charge in [-0.15, -0.1) is 0 Å². The molecule has 0 aromatic heterocycles. The molecule has 0 radical (unpaired) electrons. The lowest BCUT2D eigenvalue weighted by Gasteiger charge is -2.32. The second-order valence-electron chi connectivity index (χ2n) is 4.54. The number of para-hydroxylation sites is 1. The second kappa shape index (κ2) is 6.30. The van der Waals surface area contributed by atoms with Crippen LogP contribution in [0.4, 0.5) is 36.4 Å². The standard InChI is InChI=1S/C12H10F7NO3/c1-23-9(7-4-2-3-5-8(7)20(21)22)6-10(13,11(14,15)16)12(17,18)19/h2-5,9H,6H2,1H3. The zero-order valence-corrected chi connectivity index (χ0v) is 11.4. The fraction of sp³-hybridized carbons (Fsp3) is 0.500. The number of hydrogen-bond acceptors (Lipinski definition) is 3. The molecule has 0 bridgehead atoms. The van der Waals surface area contributed by atoms with Gasteiger partial charge in [0, 0.05) is 19.6 Å². The van der Waals surface area contributed by atoms with Gasteiger partial charge < -0.3 is 4.74 Å². The summed E-state index contributed by atoms with van der Waals surface area (Å²) in [5.41, 5.74) is -6.92. The van der Waals surface area contributed by atoms with E-state index in [-0.39, 0.29) is 0 Å². The predicted molar refractivity (Wildman–Crippen MR) is 63.4 cm³/mol. The molecule has 0 aliphatic rings. The van der Waals surface area contributed by atoms with E-state index >= 15 is 0 Å². The summed E-state index contributed by atoms with van der Waals surface area (Å²) in [5.74, 6) is 0. The predicted octanol–water partition coefficient (Wildman–Crippen LogP) is 4.51. The Morgan fingerprint density at radius 1 is 1.09 bits per heavy atom. The molecular weight excluding hydrogens is 339 g/mol. The van der Waals surface area contributed by atoms with Crippen LogP contribution in [0.15, 0.2) is 24.3 Å². The largest absolute Gasteiger partial charge is 0.431 e. The normalized spacial score (nSPS) is 14.6. The molecule has 0 N–H and O–H groups in total. The Hall–Kier alpha value is -1.91. The highest BCUT2D eigenvalue weighted by Gasteiger charge is 2.73. The first-order valence-corrected chi connectivity index (χ1v) is 5.93. The van der Waals surface area contributed by atoms with Gasteiger partial charge in [0.15, 0.2) is 0 Å². The van der Waals surface area contributed by atoms with E-state index < -0.39 is 46.7 Å². The molecule has 0 saturated carbocycles. The first-order valence-electron chi connectivity index (χ1n) is 5.93. The van der Waals surface area contributed by atoms with Gasteiger partial charge in [0.05, 0.1) is 16.6 Å². The average Bonchev–Trinajstić information content (AvgIpc) is 2.42. The summed E-state index contributed by atoms with van der Waals surface area (Å²) < 4.78 is 93.8. The number of methoxy groups -OCH3 is 1. The summed E-state index contributed by atoms with van der Waals surface area (Å²) in [5, 5.41) is 10.8. The van der Waals surface area contributed by atoms with Gasteiger partial charge in [-0.2, -0.15) is 26.3 Å². The average molecular weight is 349 g/mol. The Morgan fingerprint density at radius 3 is 1.96 bits per heavy atom. The van der Waals surface area contributed by atoms with Crippen LogP contribution < -0.4 is 0 Å². The molecule has 130 valence electrons. The molecule has 23 heavy (non-hydrogen) atoms. The first kappa shape index (κ1) is 19.1. The molecule has 0 amide bonds. The number of alkyl halides is 7. The van der Waals surface area contributed by atoms with E-state index in [0.29, 0.717) is 0 Å². The molecule has 0 heterocycles. The lowest BCUT2D eigenvalue weighted by Crippen LogP contribution is -2.54. The number of nitro benzene ring substituents is 1. The van der Waals surface area contributed by atoms with Crippen LogP contribution in [0.5, 0.6) is 0 Å². The minimum absolute atomic E-state index is 0.587. The fourth-order valence-corrected chi connectivity index (χ4v) is 1.89. The molecule has 1 unspecified atom stereocenters.